The third-order valence-corrected chi connectivity index (χ3v) is 5.31. The molecule has 0 radical (unpaired) electrons. The van der Waals surface area contributed by atoms with Crippen LogP contribution >= 0.6 is 0 Å². The molecule has 1 heterocycles. The van der Waals surface area contributed by atoms with E-state index >= 15 is 0 Å². The lowest BCUT2D eigenvalue weighted by molar-refractivity contribution is -0.137. The predicted octanol–water partition coefficient (Wildman–Crippen LogP) is 4.22. The van der Waals surface area contributed by atoms with Gasteiger partial charge in [0.15, 0.2) is 11.5 Å². The zero-order valence-corrected chi connectivity index (χ0v) is 16.0. The highest BCUT2D eigenvalue weighted by Gasteiger charge is 2.34. The molecule has 138 valence electrons. The van der Waals surface area contributed by atoms with Crippen LogP contribution in [0.5, 0.6) is 11.5 Å². The average Bonchev–Trinajstić information content (AvgIpc) is 2.71. The number of amides is 1. The molecule has 0 spiro atoms. The van der Waals surface area contributed by atoms with Crippen LogP contribution in [0.1, 0.15) is 43.0 Å². The van der Waals surface area contributed by atoms with Gasteiger partial charge in [-0.2, -0.15) is 0 Å². The number of methoxy groups -OCH3 is 2. The highest BCUT2D eigenvalue weighted by Crippen LogP contribution is 2.41. The van der Waals surface area contributed by atoms with E-state index in [4.69, 9.17) is 9.47 Å². The number of carbonyl (C=O) groups is 1. The minimum absolute atomic E-state index is 0.0166. The molecular formula is C22H27NO3. The minimum Gasteiger partial charge on any atom is -0.493 e. The molecule has 0 aromatic heterocycles. The van der Waals surface area contributed by atoms with Crippen molar-refractivity contribution < 1.29 is 14.3 Å². The summed E-state index contributed by atoms with van der Waals surface area (Å²) in [5.74, 6) is 1.66. The summed E-state index contributed by atoms with van der Waals surface area (Å²) in [6, 6.07) is 14.2. The van der Waals surface area contributed by atoms with Crippen molar-refractivity contribution in [2.45, 2.75) is 32.7 Å². The Balaban J connectivity index is 2.13. The predicted molar refractivity (Wildman–Crippen MR) is 103 cm³/mol. The van der Waals surface area contributed by atoms with E-state index in [0.717, 1.165) is 29.7 Å². The van der Waals surface area contributed by atoms with Crippen LogP contribution in [-0.4, -0.2) is 31.6 Å². The van der Waals surface area contributed by atoms with Gasteiger partial charge in [-0.05, 0) is 41.7 Å². The fourth-order valence-electron chi connectivity index (χ4n) is 3.64. The summed E-state index contributed by atoms with van der Waals surface area (Å²) in [6.07, 6.45) is 1.66. The van der Waals surface area contributed by atoms with Gasteiger partial charge in [-0.15, -0.1) is 0 Å². The summed E-state index contributed by atoms with van der Waals surface area (Å²) in [5, 5.41) is 0. The Hall–Kier alpha value is -2.49. The van der Waals surface area contributed by atoms with Crippen LogP contribution in [-0.2, 0) is 11.2 Å². The van der Waals surface area contributed by atoms with Crippen LogP contribution in [0.4, 0.5) is 0 Å². The van der Waals surface area contributed by atoms with E-state index in [1.54, 1.807) is 14.2 Å². The highest BCUT2D eigenvalue weighted by atomic mass is 16.5. The number of carbonyl (C=O) groups excluding carboxylic acids is 1. The minimum atomic E-state index is -0.0961. The molecule has 2 unspecified atom stereocenters. The number of rotatable bonds is 5. The van der Waals surface area contributed by atoms with Crippen LogP contribution < -0.4 is 9.47 Å². The summed E-state index contributed by atoms with van der Waals surface area (Å²) in [5.41, 5.74) is 3.46. The summed E-state index contributed by atoms with van der Waals surface area (Å²) in [4.78, 5) is 15.1. The zero-order valence-electron chi connectivity index (χ0n) is 16.0. The molecule has 4 nitrogen and oxygen atoms in total. The van der Waals surface area contributed by atoms with Crippen molar-refractivity contribution in [3.63, 3.8) is 0 Å². The maximum atomic E-state index is 13.1. The number of benzene rings is 2. The van der Waals surface area contributed by atoms with E-state index < -0.39 is 0 Å². The smallest absolute Gasteiger partial charge is 0.226 e. The number of ether oxygens (including phenoxy) is 2. The molecule has 4 heteroatoms. The SMILES string of the molecule is CCC(C)C(=O)N1CCc2cc(OC)c(OC)cc2C1c1ccccc1. The largest absolute Gasteiger partial charge is 0.493 e. The van der Waals surface area contributed by atoms with Gasteiger partial charge in [0.05, 0.1) is 20.3 Å². The van der Waals surface area contributed by atoms with E-state index in [9.17, 15) is 4.79 Å². The maximum Gasteiger partial charge on any atom is 0.226 e. The van der Waals surface area contributed by atoms with Crippen LogP contribution in [0.25, 0.3) is 0 Å². The van der Waals surface area contributed by atoms with E-state index in [-0.39, 0.29) is 17.9 Å². The van der Waals surface area contributed by atoms with Crippen molar-refractivity contribution in [2.75, 3.05) is 20.8 Å². The first-order chi connectivity index (χ1) is 12.6. The third-order valence-electron chi connectivity index (χ3n) is 5.31. The standard InChI is InChI=1S/C22H27NO3/c1-5-15(2)22(24)23-12-11-17-13-19(25-3)20(26-4)14-18(17)21(23)16-9-7-6-8-10-16/h6-10,13-15,21H,5,11-12H2,1-4H3. The summed E-state index contributed by atoms with van der Waals surface area (Å²) in [6.45, 7) is 4.78. The fraction of sp³-hybridized carbons (Fsp3) is 0.409. The summed E-state index contributed by atoms with van der Waals surface area (Å²) in [7, 11) is 3.30. The molecule has 0 fully saturated rings. The first-order valence-corrected chi connectivity index (χ1v) is 9.20. The molecule has 0 bridgehead atoms. The Kier molecular flexibility index (Phi) is 5.50. The maximum absolute atomic E-state index is 13.1. The van der Waals surface area contributed by atoms with Crippen LogP contribution in [0.3, 0.4) is 0 Å². The number of fused-ring (bicyclic) bond motifs is 1. The molecule has 1 aliphatic rings. The Morgan fingerprint density at radius 2 is 1.81 bits per heavy atom. The lowest BCUT2D eigenvalue weighted by Crippen LogP contribution is -2.43. The lowest BCUT2D eigenvalue weighted by Gasteiger charge is -2.39. The Bertz CT molecular complexity index is 772. The van der Waals surface area contributed by atoms with E-state index in [1.807, 2.05) is 36.1 Å². The quantitative estimate of drug-likeness (QED) is 0.808. The first-order valence-electron chi connectivity index (χ1n) is 9.20. The number of hydrogen-bond acceptors (Lipinski definition) is 3. The van der Waals surface area contributed by atoms with Gasteiger partial charge in [0, 0.05) is 12.5 Å². The van der Waals surface area contributed by atoms with Gasteiger partial charge < -0.3 is 14.4 Å². The molecule has 2 aromatic rings. The van der Waals surface area contributed by atoms with Crippen molar-refractivity contribution in [3.8, 4) is 11.5 Å². The number of hydrogen-bond donors (Lipinski definition) is 0. The van der Waals surface area contributed by atoms with E-state index in [1.165, 1.54) is 5.56 Å². The molecule has 0 saturated heterocycles. The lowest BCUT2D eigenvalue weighted by atomic mass is 9.86. The van der Waals surface area contributed by atoms with Crippen LogP contribution in [0.2, 0.25) is 0 Å². The molecular weight excluding hydrogens is 326 g/mol. The average molecular weight is 353 g/mol. The first kappa shape index (κ1) is 18.3. The van der Waals surface area contributed by atoms with Gasteiger partial charge >= 0.3 is 0 Å². The molecule has 26 heavy (non-hydrogen) atoms. The van der Waals surface area contributed by atoms with E-state index in [0.29, 0.717) is 12.3 Å². The molecule has 3 rings (SSSR count). The van der Waals surface area contributed by atoms with Crippen LogP contribution in [0.15, 0.2) is 42.5 Å². The molecule has 2 aromatic carbocycles. The molecule has 2 atom stereocenters. The van der Waals surface area contributed by atoms with E-state index in [2.05, 4.69) is 25.1 Å². The van der Waals surface area contributed by atoms with Crippen molar-refractivity contribution in [1.29, 1.82) is 0 Å². The third kappa shape index (κ3) is 3.28. The topological polar surface area (TPSA) is 38.8 Å². The normalized spacial score (nSPS) is 17.4. The summed E-state index contributed by atoms with van der Waals surface area (Å²) < 4.78 is 11.0. The monoisotopic (exact) mass is 353 g/mol. The second-order valence-electron chi connectivity index (χ2n) is 6.81. The number of nitrogens with zero attached hydrogens (tertiary/aromatic N) is 1. The van der Waals surface area contributed by atoms with Gasteiger partial charge in [0.1, 0.15) is 0 Å². The molecule has 0 saturated carbocycles. The van der Waals surface area contributed by atoms with Gasteiger partial charge in [-0.25, -0.2) is 0 Å². The van der Waals surface area contributed by atoms with Gasteiger partial charge in [-0.3, -0.25) is 4.79 Å². The molecule has 1 amide bonds. The van der Waals surface area contributed by atoms with Crippen LogP contribution in [0, 0.1) is 5.92 Å². The van der Waals surface area contributed by atoms with Crippen molar-refractivity contribution in [1.82, 2.24) is 4.90 Å². The highest BCUT2D eigenvalue weighted by molar-refractivity contribution is 5.80. The molecule has 0 aliphatic carbocycles. The van der Waals surface area contributed by atoms with Gasteiger partial charge in [0.25, 0.3) is 0 Å². The molecule has 0 N–H and O–H groups in total. The second-order valence-corrected chi connectivity index (χ2v) is 6.81. The zero-order chi connectivity index (χ0) is 18.7. The van der Waals surface area contributed by atoms with Gasteiger partial charge in [0.2, 0.25) is 5.91 Å². The van der Waals surface area contributed by atoms with Crippen molar-refractivity contribution in [3.05, 3.63) is 59.2 Å². The Labute approximate surface area is 155 Å². The molecule has 1 aliphatic heterocycles. The van der Waals surface area contributed by atoms with Crippen molar-refractivity contribution >= 4 is 5.91 Å². The fourth-order valence-corrected chi connectivity index (χ4v) is 3.64. The van der Waals surface area contributed by atoms with Gasteiger partial charge in [-0.1, -0.05) is 44.2 Å². The summed E-state index contributed by atoms with van der Waals surface area (Å²) >= 11 is 0. The van der Waals surface area contributed by atoms with Crippen molar-refractivity contribution in [2.24, 2.45) is 5.92 Å². The second kappa shape index (κ2) is 7.81. The Morgan fingerprint density at radius 1 is 1.15 bits per heavy atom. The Morgan fingerprint density at radius 3 is 2.42 bits per heavy atom.